The molecule has 20 heavy (non-hydrogen) atoms. The molecule has 1 atom stereocenters. The maximum Gasteiger partial charge on any atom is 0.0254 e. The van der Waals surface area contributed by atoms with E-state index in [1.165, 1.54) is 29.5 Å². The maximum atomic E-state index is 6.15. The van der Waals surface area contributed by atoms with Crippen LogP contribution < -0.4 is 0 Å². The third-order valence-corrected chi connectivity index (χ3v) is 4.35. The van der Waals surface area contributed by atoms with Crippen molar-refractivity contribution in [2.24, 2.45) is 5.92 Å². The van der Waals surface area contributed by atoms with Crippen molar-refractivity contribution in [1.82, 2.24) is 0 Å². The number of hydrogen-bond donors (Lipinski definition) is 0. The van der Waals surface area contributed by atoms with Crippen molar-refractivity contribution >= 4 is 11.6 Å². The fraction of sp³-hybridized carbons (Fsp3) is 0.368. The second kappa shape index (κ2) is 8.11. The molecule has 0 spiro atoms. The Labute approximate surface area is 127 Å². The fourth-order valence-corrected chi connectivity index (χ4v) is 2.89. The molecule has 2 aromatic carbocycles. The Morgan fingerprint density at radius 3 is 2.35 bits per heavy atom. The Bertz CT molecular complexity index is 504. The molecule has 0 nitrogen and oxygen atoms in total. The summed E-state index contributed by atoms with van der Waals surface area (Å²) in [6.07, 6.45) is 4.67. The average molecular weight is 287 g/mol. The summed E-state index contributed by atoms with van der Waals surface area (Å²) in [5.41, 5.74) is 4.25. The summed E-state index contributed by atoms with van der Waals surface area (Å²) in [5, 5.41) is 0. The van der Waals surface area contributed by atoms with E-state index in [-0.39, 0.29) is 0 Å². The molecule has 106 valence electrons. The van der Waals surface area contributed by atoms with Gasteiger partial charge in [0.2, 0.25) is 0 Å². The summed E-state index contributed by atoms with van der Waals surface area (Å²) in [6, 6.07) is 19.3. The first-order valence-electron chi connectivity index (χ1n) is 7.44. The van der Waals surface area contributed by atoms with Crippen molar-refractivity contribution in [2.75, 3.05) is 5.88 Å². The molecular formula is C19H23Cl. The van der Waals surface area contributed by atoms with Crippen LogP contribution in [0.1, 0.15) is 29.5 Å². The topological polar surface area (TPSA) is 0 Å². The third kappa shape index (κ3) is 4.68. The Morgan fingerprint density at radius 2 is 1.65 bits per heavy atom. The minimum atomic E-state index is 0.585. The number of halogens is 1. The molecule has 0 aliphatic heterocycles. The Balaban J connectivity index is 1.82. The van der Waals surface area contributed by atoms with Gasteiger partial charge in [0, 0.05) is 5.88 Å². The van der Waals surface area contributed by atoms with Gasteiger partial charge in [0.15, 0.2) is 0 Å². The van der Waals surface area contributed by atoms with Gasteiger partial charge in [-0.05, 0) is 55.2 Å². The molecule has 0 aromatic heterocycles. The van der Waals surface area contributed by atoms with Gasteiger partial charge >= 0.3 is 0 Å². The zero-order valence-electron chi connectivity index (χ0n) is 12.2. The summed E-state index contributed by atoms with van der Waals surface area (Å²) >= 11 is 6.15. The molecule has 0 saturated carbocycles. The first-order valence-corrected chi connectivity index (χ1v) is 7.97. The Hall–Kier alpha value is -1.27. The lowest BCUT2D eigenvalue weighted by atomic mass is 9.92. The highest BCUT2D eigenvalue weighted by molar-refractivity contribution is 6.18. The van der Waals surface area contributed by atoms with Gasteiger partial charge in [-0.3, -0.25) is 0 Å². The molecule has 0 bridgehead atoms. The summed E-state index contributed by atoms with van der Waals surface area (Å²) in [4.78, 5) is 0. The zero-order valence-corrected chi connectivity index (χ0v) is 12.9. The van der Waals surface area contributed by atoms with Crippen LogP contribution >= 0.6 is 11.6 Å². The quantitative estimate of drug-likeness (QED) is 0.597. The van der Waals surface area contributed by atoms with Gasteiger partial charge in [-0.25, -0.2) is 0 Å². The van der Waals surface area contributed by atoms with Crippen LogP contribution in [0.25, 0.3) is 0 Å². The smallest absolute Gasteiger partial charge is 0.0254 e. The van der Waals surface area contributed by atoms with Crippen LogP contribution in [0.5, 0.6) is 0 Å². The number of aryl methyl sites for hydroxylation is 2. The molecule has 2 aromatic rings. The van der Waals surface area contributed by atoms with E-state index in [0.717, 1.165) is 18.7 Å². The minimum absolute atomic E-state index is 0.585. The lowest BCUT2D eigenvalue weighted by Gasteiger charge is -2.15. The standard InChI is InChI=1S/C19H23Cl/c1-16-8-5-6-13-19(16)14-18(15-20)12-7-11-17-9-3-2-4-10-17/h2-6,8-10,13,18H,7,11-12,14-15H2,1H3. The Morgan fingerprint density at radius 1 is 0.950 bits per heavy atom. The van der Waals surface area contributed by atoms with Crippen molar-refractivity contribution in [3.8, 4) is 0 Å². The fourth-order valence-electron chi connectivity index (χ4n) is 2.62. The van der Waals surface area contributed by atoms with Crippen molar-refractivity contribution < 1.29 is 0 Å². The van der Waals surface area contributed by atoms with Crippen molar-refractivity contribution in [3.05, 3.63) is 71.3 Å². The summed E-state index contributed by atoms with van der Waals surface area (Å²) in [5.74, 6) is 1.34. The lowest BCUT2D eigenvalue weighted by molar-refractivity contribution is 0.512. The summed E-state index contributed by atoms with van der Waals surface area (Å²) in [6.45, 7) is 2.19. The van der Waals surface area contributed by atoms with Crippen molar-refractivity contribution in [1.29, 1.82) is 0 Å². The number of hydrogen-bond acceptors (Lipinski definition) is 0. The van der Waals surface area contributed by atoms with Gasteiger partial charge in [-0.15, -0.1) is 11.6 Å². The highest BCUT2D eigenvalue weighted by atomic mass is 35.5. The van der Waals surface area contributed by atoms with Gasteiger partial charge in [0.1, 0.15) is 0 Å². The van der Waals surface area contributed by atoms with E-state index in [9.17, 15) is 0 Å². The molecule has 0 aliphatic carbocycles. The van der Waals surface area contributed by atoms with Gasteiger partial charge in [0.25, 0.3) is 0 Å². The van der Waals surface area contributed by atoms with E-state index in [2.05, 4.69) is 61.5 Å². The Kier molecular flexibility index (Phi) is 6.14. The highest BCUT2D eigenvalue weighted by Crippen LogP contribution is 2.19. The van der Waals surface area contributed by atoms with Crippen molar-refractivity contribution in [3.63, 3.8) is 0 Å². The molecule has 2 rings (SSSR count). The summed E-state index contributed by atoms with van der Waals surface area (Å²) in [7, 11) is 0. The maximum absolute atomic E-state index is 6.15. The monoisotopic (exact) mass is 286 g/mol. The molecule has 0 amide bonds. The largest absolute Gasteiger partial charge is 0.126 e. The molecule has 0 radical (unpaired) electrons. The van der Waals surface area contributed by atoms with Crippen LogP contribution in [0.4, 0.5) is 0 Å². The lowest BCUT2D eigenvalue weighted by Crippen LogP contribution is -2.08. The molecule has 0 saturated heterocycles. The minimum Gasteiger partial charge on any atom is -0.126 e. The van der Waals surface area contributed by atoms with Crippen molar-refractivity contribution in [2.45, 2.75) is 32.6 Å². The van der Waals surface area contributed by atoms with Crippen LogP contribution in [0, 0.1) is 12.8 Å². The number of benzene rings is 2. The average Bonchev–Trinajstić information content (AvgIpc) is 2.49. The van der Waals surface area contributed by atoms with E-state index in [1.54, 1.807) is 0 Å². The van der Waals surface area contributed by atoms with Crippen LogP contribution in [-0.2, 0) is 12.8 Å². The molecule has 0 N–H and O–H groups in total. The van der Waals surface area contributed by atoms with E-state index in [4.69, 9.17) is 11.6 Å². The molecule has 0 aliphatic rings. The van der Waals surface area contributed by atoms with Gasteiger partial charge in [0.05, 0.1) is 0 Å². The molecular weight excluding hydrogens is 264 g/mol. The van der Waals surface area contributed by atoms with Gasteiger partial charge < -0.3 is 0 Å². The van der Waals surface area contributed by atoms with Crippen LogP contribution in [0.3, 0.4) is 0 Å². The normalized spacial score (nSPS) is 12.3. The zero-order chi connectivity index (χ0) is 14.2. The number of alkyl halides is 1. The van der Waals surface area contributed by atoms with Gasteiger partial charge in [-0.2, -0.15) is 0 Å². The van der Waals surface area contributed by atoms with Crippen LogP contribution in [0.2, 0.25) is 0 Å². The van der Waals surface area contributed by atoms with E-state index >= 15 is 0 Å². The van der Waals surface area contributed by atoms with E-state index < -0.39 is 0 Å². The SMILES string of the molecule is Cc1ccccc1CC(CCl)CCCc1ccccc1. The molecule has 0 fully saturated rings. The number of rotatable bonds is 7. The second-order valence-electron chi connectivity index (χ2n) is 5.53. The molecule has 1 unspecified atom stereocenters. The van der Waals surface area contributed by atoms with E-state index in [1.807, 2.05) is 0 Å². The first kappa shape index (κ1) is 15.1. The van der Waals surface area contributed by atoms with Gasteiger partial charge in [-0.1, -0.05) is 54.6 Å². The first-order chi connectivity index (χ1) is 9.79. The molecule has 0 heterocycles. The van der Waals surface area contributed by atoms with Crippen LogP contribution in [0.15, 0.2) is 54.6 Å². The predicted molar refractivity (Wildman–Crippen MR) is 88.5 cm³/mol. The highest BCUT2D eigenvalue weighted by Gasteiger charge is 2.10. The third-order valence-electron chi connectivity index (χ3n) is 3.91. The summed E-state index contributed by atoms with van der Waals surface area (Å²) < 4.78 is 0. The van der Waals surface area contributed by atoms with E-state index in [0.29, 0.717) is 5.92 Å². The molecule has 1 heteroatoms. The van der Waals surface area contributed by atoms with Crippen LogP contribution in [-0.4, -0.2) is 5.88 Å². The second-order valence-corrected chi connectivity index (χ2v) is 5.84. The predicted octanol–water partition coefficient (Wildman–Crippen LogP) is 5.42.